The Kier molecular flexibility index (Phi) is 5.28. The number of Topliss-reactive ketones (excluding diaryl/α,β-unsaturated/α-hetero) is 1. The zero-order chi connectivity index (χ0) is 23.7. The van der Waals surface area contributed by atoms with Gasteiger partial charge in [-0.2, -0.15) is 0 Å². The van der Waals surface area contributed by atoms with E-state index in [4.69, 9.17) is 0 Å². The van der Waals surface area contributed by atoms with Crippen LogP contribution >= 0.6 is 11.8 Å². The number of hydrogen-bond donors (Lipinski definition) is 0. The minimum absolute atomic E-state index is 0.0795. The molecular formula is C27H34N4O2S. The number of ketones is 2. The van der Waals surface area contributed by atoms with E-state index in [0.29, 0.717) is 42.3 Å². The molecule has 2 aromatic rings. The molecule has 0 saturated heterocycles. The Balaban J connectivity index is 1.24. The van der Waals surface area contributed by atoms with Crippen LogP contribution in [0.25, 0.3) is 11.2 Å². The van der Waals surface area contributed by atoms with Crippen molar-refractivity contribution in [2.24, 2.45) is 34.5 Å². The number of imidazole rings is 1. The number of carbonyl (C=O) groups is 2. The Morgan fingerprint density at radius 2 is 1.94 bits per heavy atom. The number of thioether (sulfide) groups is 1. The second-order valence-corrected chi connectivity index (χ2v) is 12.3. The van der Waals surface area contributed by atoms with Crippen molar-refractivity contribution in [3.05, 3.63) is 24.3 Å². The van der Waals surface area contributed by atoms with Gasteiger partial charge in [0, 0.05) is 12.3 Å². The van der Waals surface area contributed by atoms with Crippen LogP contribution in [0, 0.1) is 34.5 Å². The molecule has 0 spiro atoms. The highest BCUT2D eigenvalue weighted by atomic mass is 32.2. The van der Waals surface area contributed by atoms with Gasteiger partial charge in [0.25, 0.3) is 0 Å². The summed E-state index contributed by atoms with van der Waals surface area (Å²) in [5, 5.41) is 0.853. The average Bonchev–Trinajstić information content (AvgIpc) is 3.40. The molecule has 0 aromatic carbocycles. The Hall–Kier alpha value is -2.02. The van der Waals surface area contributed by atoms with Gasteiger partial charge in [-0.25, -0.2) is 15.0 Å². The van der Waals surface area contributed by atoms with E-state index in [1.165, 1.54) is 18.4 Å². The van der Waals surface area contributed by atoms with Gasteiger partial charge in [-0.3, -0.25) is 9.59 Å². The predicted molar refractivity (Wildman–Crippen MR) is 132 cm³/mol. The summed E-state index contributed by atoms with van der Waals surface area (Å²) in [5.41, 5.74) is 3.21. The highest BCUT2D eigenvalue weighted by Gasteiger charge is 2.60. The number of aromatic nitrogens is 4. The lowest BCUT2D eigenvalue weighted by molar-refractivity contribution is -0.131. The summed E-state index contributed by atoms with van der Waals surface area (Å²) in [7, 11) is 0. The minimum atomic E-state index is 0.0795. The second kappa shape index (κ2) is 8.00. The normalized spacial score (nSPS) is 37.1. The topological polar surface area (TPSA) is 77.7 Å². The highest BCUT2D eigenvalue weighted by Crippen LogP contribution is 2.66. The van der Waals surface area contributed by atoms with Gasteiger partial charge < -0.3 is 4.57 Å². The molecule has 0 unspecified atom stereocenters. The number of nitrogens with zero attached hydrogens (tertiary/aromatic N) is 4. The van der Waals surface area contributed by atoms with Crippen molar-refractivity contribution in [1.29, 1.82) is 0 Å². The van der Waals surface area contributed by atoms with Crippen molar-refractivity contribution >= 4 is 34.5 Å². The van der Waals surface area contributed by atoms with Gasteiger partial charge in [0.2, 0.25) is 0 Å². The molecular weight excluding hydrogens is 444 g/mol. The van der Waals surface area contributed by atoms with Gasteiger partial charge >= 0.3 is 0 Å². The Morgan fingerprint density at radius 3 is 2.76 bits per heavy atom. The number of rotatable bonds is 4. The van der Waals surface area contributed by atoms with Gasteiger partial charge in [-0.15, -0.1) is 11.8 Å². The quantitative estimate of drug-likeness (QED) is 0.440. The SMILES string of the molecule is CSc1ncnc2c1ncn2CC(=O)[C@@H]1CC[C@@H]2[C@H]3CCC4=CC(=O)CC[C@@]4(C)[C@@H]3CC[C@]21C. The fourth-order valence-corrected chi connectivity index (χ4v) is 8.98. The van der Waals surface area contributed by atoms with Crippen molar-refractivity contribution in [2.75, 3.05) is 6.26 Å². The third-order valence-corrected chi connectivity index (χ3v) is 10.9. The standard InChI is InChI=1S/C27H34N4O2S/c1-26-10-8-17(32)12-16(26)4-5-18-19-6-7-21(27(19,2)11-9-20(18)26)22(33)13-31-15-30-23-24(31)28-14-29-25(23)34-3/h12,14-15,18-21H,4-11,13H2,1-3H3/t18-,19-,20-,21+,26-,27-/m1/s1. The first-order valence-electron chi connectivity index (χ1n) is 12.8. The van der Waals surface area contributed by atoms with Crippen LogP contribution < -0.4 is 0 Å². The predicted octanol–water partition coefficient (Wildman–Crippen LogP) is 5.27. The molecule has 7 heteroatoms. The fraction of sp³-hybridized carbons (Fsp3) is 0.667. The van der Waals surface area contributed by atoms with Crippen LogP contribution in [-0.2, 0) is 16.1 Å². The van der Waals surface area contributed by atoms with Crippen LogP contribution in [0.4, 0.5) is 0 Å². The van der Waals surface area contributed by atoms with Crippen molar-refractivity contribution in [1.82, 2.24) is 19.5 Å². The maximum Gasteiger partial charge on any atom is 0.164 e. The number of allylic oxidation sites excluding steroid dienone is 1. The molecule has 4 aliphatic rings. The van der Waals surface area contributed by atoms with E-state index in [1.807, 2.05) is 16.9 Å². The molecule has 180 valence electrons. The summed E-state index contributed by atoms with van der Waals surface area (Å²) >= 11 is 1.55. The van der Waals surface area contributed by atoms with E-state index >= 15 is 0 Å². The van der Waals surface area contributed by atoms with Gasteiger partial charge in [0.05, 0.1) is 12.9 Å². The van der Waals surface area contributed by atoms with Crippen molar-refractivity contribution in [2.45, 2.75) is 76.8 Å². The monoisotopic (exact) mass is 478 g/mol. The lowest BCUT2D eigenvalue weighted by Gasteiger charge is -2.58. The second-order valence-electron chi connectivity index (χ2n) is 11.5. The molecule has 3 saturated carbocycles. The molecule has 4 aliphatic carbocycles. The summed E-state index contributed by atoms with van der Waals surface area (Å²) in [6.45, 7) is 5.17. The Morgan fingerprint density at radius 1 is 1.09 bits per heavy atom. The lowest BCUT2D eigenvalue weighted by atomic mass is 9.46. The Labute approximate surface area is 205 Å². The first-order chi connectivity index (χ1) is 16.3. The highest BCUT2D eigenvalue weighted by molar-refractivity contribution is 7.98. The van der Waals surface area contributed by atoms with Crippen molar-refractivity contribution < 1.29 is 9.59 Å². The van der Waals surface area contributed by atoms with Crippen LogP contribution in [0.15, 0.2) is 29.3 Å². The summed E-state index contributed by atoms with van der Waals surface area (Å²) in [6, 6.07) is 0. The van der Waals surface area contributed by atoms with Gasteiger partial charge in [-0.1, -0.05) is 19.4 Å². The van der Waals surface area contributed by atoms with E-state index in [-0.39, 0.29) is 16.7 Å². The van der Waals surface area contributed by atoms with E-state index < -0.39 is 0 Å². The fourth-order valence-electron chi connectivity index (χ4n) is 8.49. The zero-order valence-electron chi connectivity index (χ0n) is 20.4. The number of hydrogen-bond acceptors (Lipinski definition) is 6. The largest absolute Gasteiger partial charge is 0.308 e. The first kappa shape index (κ1) is 22.4. The maximum absolute atomic E-state index is 13.7. The molecule has 0 bridgehead atoms. The van der Waals surface area contributed by atoms with E-state index in [9.17, 15) is 9.59 Å². The zero-order valence-corrected chi connectivity index (χ0v) is 21.2. The van der Waals surface area contributed by atoms with Crippen LogP contribution in [0.3, 0.4) is 0 Å². The van der Waals surface area contributed by atoms with Crippen molar-refractivity contribution in [3.8, 4) is 0 Å². The summed E-state index contributed by atoms with van der Waals surface area (Å²) in [4.78, 5) is 39.0. The van der Waals surface area contributed by atoms with Gasteiger partial charge in [0.1, 0.15) is 16.9 Å². The molecule has 0 N–H and O–H groups in total. The molecule has 0 amide bonds. The molecule has 0 aliphatic heterocycles. The molecule has 6 atom stereocenters. The Bertz CT molecular complexity index is 1200. The molecule has 34 heavy (non-hydrogen) atoms. The van der Waals surface area contributed by atoms with E-state index in [1.54, 1.807) is 24.4 Å². The molecule has 6 nitrogen and oxygen atoms in total. The minimum Gasteiger partial charge on any atom is -0.308 e. The summed E-state index contributed by atoms with van der Waals surface area (Å²) < 4.78 is 1.92. The summed E-state index contributed by atoms with van der Waals surface area (Å²) in [6.07, 6.45) is 15.7. The molecule has 2 heterocycles. The van der Waals surface area contributed by atoms with Crippen molar-refractivity contribution in [3.63, 3.8) is 0 Å². The molecule has 6 rings (SSSR count). The first-order valence-corrected chi connectivity index (χ1v) is 14.0. The van der Waals surface area contributed by atoms with Crippen LogP contribution in [0.1, 0.15) is 65.2 Å². The van der Waals surface area contributed by atoms with E-state index in [0.717, 1.165) is 48.3 Å². The molecule has 3 fully saturated rings. The maximum atomic E-state index is 13.7. The van der Waals surface area contributed by atoms with Crippen LogP contribution in [-0.4, -0.2) is 37.3 Å². The van der Waals surface area contributed by atoms with Gasteiger partial charge in [-0.05, 0) is 85.9 Å². The third-order valence-electron chi connectivity index (χ3n) is 10.2. The summed E-state index contributed by atoms with van der Waals surface area (Å²) in [5.74, 6) is 2.71. The molecule has 0 radical (unpaired) electrons. The smallest absolute Gasteiger partial charge is 0.164 e. The third kappa shape index (κ3) is 3.18. The van der Waals surface area contributed by atoms with E-state index in [2.05, 4.69) is 28.8 Å². The number of carbonyl (C=O) groups excluding carboxylic acids is 2. The average molecular weight is 479 g/mol. The molecule has 2 aromatic heterocycles. The van der Waals surface area contributed by atoms with Gasteiger partial charge in [0.15, 0.2) is 17.2 Å². The lowest BCUT2D eigenvalue weighted by Crippen LogP contribution is -2.51. The van der Waals surface area contributed by atoms with Crippen LogP contribution in [0.5, 0.6) is 0 Å². The number of fused-ring (bicyclic) bond motifs is 6. The van der Waals surface area contributed by atoms with Crippen LogP contribution in [0.2, 0.25) is 0 Å².